The van der Waals surface area contributed by atoms with Crippen LogP contribution in [0.15, 0.2) is 0 Å². The maximum Gasteiger partial charge on any atom is 0.187 e. The van der Waals surface area contributed by atoms with Gasteiger partial charge in [0.05, 0.1) is 17.5 Å². The molecule has 1 saturated heterocycles. The van der Waals surface area contributed by atoms with E-state index in [1.165, 1.54) is 5.33 Å². The lowest BCUT2D eigenvalue weighted by Gasteiger charge is -2.37. The van der Waals surface area contributed by atoms with Crippen LogP contribution in [-0.2, 0) is 9.47 Å². The SMILES string of the molecule is BrC[C@]12[C@H]3[C@H]4[C@@H]5[C@H]1[C@H]2[C@](Br)([C@@H]43)C51OCCO1. The summed E-state index contributed by atoms with van der Waals surface area (Å²) in [6, 6.07) is 0. The van der Waals surface area contributed by atoms with Crippen molar-refractivity contribution in [1.82, 2.24) is 0 Å². The summed E-state index contributed by atoms with van der Waals surface area (Å²) in [7, 11) is 0. The highest BCUT2D eigenvalue weighted by Crippen LogP contribution is 3.04. The van der Waals surface area contributed by atoms with Gasteiger partial charge in [-0.1, -0.05) is 31.9 Å². The molecule has 0 amide bonds. The van der Waals surface area contributed by atoms with Crippen molar-refractivity contribution in [3.63, 3.8) is 0 Å². The van der Waals surface area contributed by atoms with E-state index in [-0.39, 0.29) is 10.1 Å². The van der Waals surface area contributed by atoms with Crippen molar-refractivity contribution in [2.75, 3.05) is 18.5 Å². The molecule has 2 nitrogen and oxygen atoms in total. The zero-order valence-corrected chi connectivity index (χ0v) is 11.8. The third-order valence-corrected chi connectivity index (χ3v) is 9.35. The minimum Gasteiger partial charge on any atom is -0.346 e. The van der Waals surface area contributed by atoms with E-state index in [1.807, 2.05) is 0 Å². The molecule has 0 radical (unpaired) electrons. The molecule has 1 aliphatic heterocycles. The maximum absolute atomic E-state index is 6.11. The highest BCUT2D eigenvalue weighted by Gasteiger charge is 3.08. The molecule has 8 atom stereocenters. The summed E-state index contributed by atoms with van der Waals surface area (Å²) in [5, 5.41) is 1.20. The molecule has 1 spiro atoms. The minimum atomic E-state index is -0.212. The second-order valence-corrected chi connectivity index (χ2v) is 8.41. The van der Waals surface area contributed by atoms with E-state index in [4.69, 9.17) is 9.47 Å². The molecule has 0 aromatic carbocycles. The van der Waals surface area contributed by atoms with Gasteiger partial charge in [0.15, 0.2) is 5.79 Å². The van der Waals surface area contributed by atoms with Crippen molar-refractivity contribution in [1.29, 1.82) is 0 Å². The van der Waals surface area contributed by atoms with Gasteiger partial charge in [-0.05, 0) is 35.0 Å². The van der Waals surface area contributed by atoms with Crippen LogP contribution in [0.1, 0.15) is 0 Å². The van der Waals surface area contributed by atoms with Crippen molar-refractivity contribution in [3.05, 3.63) is 0 Å². The van der Waals surface area contributed by atoms with Gasteiger partial charge < -0.3 is 9.47 Å². The highest BCUT2D eigenvalue weighted by atomic mass is 79.9. The molecule has 6 aliphatic carbocycles. The minimum absolute atomic E-state index is 0.189. The number of halogens is 2. The van der Waals surface area contributed by atoms with Crippen molar-refractivity contribution >= 4 is 31.9 Å². The fraction of sp³-hybridized carbons (Fsp3) is 1.00. The Morgan fingerprint density at radius 2 is 1.81 bits per heavy atom. The van der Waals surface area contributed by atoms with Crippen molar-refractivity contribution in [3.8, 4) is 0 Å². The first-order valence-electron chi connectivity index (χ1n) is 6.28. The Bertz CT molecular complexity index is 448. The van der Waals surface area contributed by atoms with Crippen LogP contribution in [0.25, 0.3) is 0 Å². The second-order valence-electron chi connectivity index (χ2n) is 6.54. The van der Waals surface area contributed by atoms with Crippen LogP contribution in [0.4, 0.5) is 0 Å². The van der Waals surface area contributed by atoms with Gasteiger partial charge in [0.25, 0.3) is 0 Å². The molecule has 0 aromatic heterocycles. The van der Waals surface area contributed by atoms with Gasteiger partial charge in [0.1, 0.15) is 0 Å². The van der Waals surface area contributed by atoms with Crippen molar-refractivity contribution < 1.29 is 9.47 Å². The van der Waals surface area contributed by atoms with Gasteiger partial charge in [-0.15, -0.1) is 0 Å². The second kappa shape index (κ2) is 2.00. The first kappa shape index (κ1) is 8.89. The van der Waals surface area contributed by atoms with Crippen LogP contribution in [0.2, 0.25) is 0 Å². The first-order valence-corrected chi connectivity index (χ1v) is 8.19. The van der Waals surface area contributed by atoms with E-state index < -0.39 is 0 Å². The monoisotopic (exact) mass is 346 g/mol. The Hall–Kier alpha value is 0.880. The number of hydrogen-bond acceptors (Lipinski definition) is 2. The van der Waals surface area contributed by atoms with E-state index in [0.717, 1.165) is 42.8 Å². The standard InChI is InChI=1S/C12H12Br2O2/c13-3-10-5-4-6(5)11(14)9(10)8(10)7(4)12(11)15-1-2-16-12/h4-9H,1-3H2/t4-,5+,6+,7-,8+,9-,10+,11-/m1/s1. The summed E-state index contributed by atoms with van der Waals surface area (Å²) in [5.74, 6) is 5.01. The van der Waals surface area contributed by atoms with Crippen LogP contribution in [-0.4, -0.2) is 28.7 Å². The van der Waals surface area contributed by atoms with Crippen LogP contribution in [0, 0.1) is 40.9 Å². The summed E-state index contributed by atoms with van der Waals surface area (Å²) >= 11 is 7.89. The number of ether oxygens (including phenoxy) is 2. The Morgan fingerprint density at radius 1 is 1.06 bits per heavy atom. The first-order chi connectivity index (χ1) is 7.75. The highest BCUT2D eigenvalue weighted by molar-refractivity contribution is 9.10. The van der Waals surface area contributed by atoms with Crippen molar-refractivity contribution in [2.45, 2.75) is 10.1 Å². The van der Waals surface area contributed by atoms with Crippen LogP contribution in [0.5, 0.6) is 0 Å². The Labute approximate surface area is 111 Å². The Kier molecular flexibility index (Phi) is 1.11. The fourth-order valence-electron chi connectivity index (χ4n) is 6.87. The molecule has 7 aliphatic rings. The Morgan fingerprint density at radius 3 is 2.25 bits per heavy atom. The molecule has 0 unspecified atom stereocenters. The molecule has 7 fully saturated rings. The number of alkyl halides is 2. The summed E-state index contributed by atoms with van der Waals surface area (Å²) in [4.78, 5) is 0. The average Bonchev–Trinajstić information content (AvgIpc) is 2.97. The fourth-order valence-corrected chi connectivity index (χ4v) is 9.76. The third-order valence-electron chi connectivity index (χ3n) is 6.81. The van der Waals surface area contributed by atoms with Crippen LogP contribution < -0.4 is 0 Å². The largest absolute Gasteiger partial charge is 0.346 e. The van der Waals surface area contributed by atoms with E-state index >= 15 is 0 Å². The molecule has 4 heteroatoms. The van der Waals surface area contributed by atoms with Gasteiger partial charge in [0, 0.05) is 11.2 Å². The predicted molar refractivity (Wildman–Crippen MR) is 63.5 cm³/mol. The van der Waals surface area contributed by atoms with E-state index in [2.05, 4.69) is 31.9 Å². The lowest BCUT2D eigenvalue weighted by atomic mass is 9.95. The van der Waals surface area contributed by atoms with Crippen LogP contribution in [0.3, 0.4) is 0 Å². The zero-order valence-electron chi connectivity index (χ0n) is 8.66. The number of rotatable bonds is 1. The lowest BCUT2D eigenvalue weighted by Crippen LogP contribution is -2.50. The molecule has 2 bridgehead atoms. The van der Waals surface area contributed by atoms with Gasteiger partial charge in [-0.25, -0.2) is 0 Å². The summed E-state index contributed by atoms with van der Waals surface area (Å²) in [6.45, 7) is 1.60. The van der Waals surface area contributed by atoms with E-state index in [0.29, 0.717) is 11.3 Å². The molecular formula is C12H12Br2O2. The van der Waals surface area contributed by atoms with Gasteiger partial charge in [-0.2, -0.15) is 0 Å². The zero-order chi connectivity index (χ0) is 10.5. The van der Waals surface area contributed by atoms with Crippen LogP contribution >= 0.6 is 31.9 Å². The van der Waals surface area contributed by atoms with Gasteiger partial charge >= 0.3 is 0 Å². The molecular weight excluding hydrogens is 336 g/mol. The molecule has 7 rings (SSSR count). The third kappa shape index (κ3) is 0.473. The van der Waals surface area contributed by atoms with E-state index in [1.54, 1.807) is 0 Å². The topological polar surface area (TPSA) is 18.5 Å². The lowest BCUT2D eigenvalue weighted by molar-refractivity contribution is -0.192. The van der Waals surface area contributed by atoms with Gasteiger partial charge in [0.2, 0.25) is 0 Å². The molecule has 1 heterocycles. The average molecular weight is 348 g/mol. The quantitative estimate of drug-likeness (QED) is 0.675. The van der Waals surface area contributed by atoms with E-state index in [9.17, 15) is 0 Å². The molecule has 16 heavy (non-hydrogen) atoms. The molecule has 86 valence electrons. The predicted octanol–water partition coefficient (Wildman–Crippen LogP) is 2.01. The molecule has 6 saturated carbocycles. The van der Waals surface area contributed by atoms with Gasteiger partial charge in [-0.3, -0.25) is 0 Å². The maximum atomic E-state index is 6.11. The Balaban J connectivity index is 1.63. The summed E-state index contributed by atoms with van der Waals surface area (Å²) in [6.07, 6.45) is 0. The van der Waals surface area contributed by atoms with Crippen molar-refractivity contribution in [2.24, 2.45) is 40.9 Å². The normalized spacial score (nSPS) is 77.6. The smallest absolute Gasteiger partial charge is 0.187 e. The summed E-state index contributed by atoms with van der Waals surface area (Å²) < 4.78 is 12.4. The number of hydrogen-bond donors (Lipinski definition) is 0. The molecule has 0 aromatic rings. The molecule has 0 N–H and O–H groups in total. The summed E-state index contributed by atoms with van der Waals surface area (Å²) in [5.41, 5.74) is 0.643.